The summed E-state index contributed by atoms with van der Waals surface area (Å²) in [5.74, 6) is 0.595. The molecular formula is C18H24N2O4. The normalized spacial score (nSPS) is 24.1. The Balaban J connectivity index is 1.78. The van der Waals surface area contributed by atoms with E-state index in [1.54, 1.807) is 26.2 Å². The molecule has 0 radical (unpaired) electrons. The molecule has 2 saturated heterocycles. The van der Waals surface area contributed by atoms with Crippen LogP contribution in [0.3, 0.4) is 0 Å². The number of nitrogens with zero attached hydrogens (tertiary/aromatic N) is 2. The highest BCUT2D eigenvalue weighted by Gasteiger charge is 2.42. The standard InChI is InChI=1S/C18H24N2O4/c1-14(21)19-9-5-8-18(12-19)13-20(10-11-24-18)17(22)15-6-3-4-7-16(15)23-2/h3-4,6-7H,5,8-13H2,1-2H3/t18-/m1/s1. The third kappa shape index (κ3) is 3.24. The number of methoxy groups -OCH3 is 1. The molecule has 0 aromatic heterocycles. The van der Waals surface area contributed by atoms with E-state index in [4.69, 9.17) is 9.47 Å². The van der Waals surface area contributed by atoms with Crippen molar-refractivity contribution in [1.29, 1.82) is 0 Å². The molecule has 0 bridgehead atoms. The summed E-state index contributed by atoms with van der Waals surface area (Å²) in [6, 6.07) is 7.26. The molecule has 0 saturated carbocycles. The van der Waals surface area contributed by atoms with Crippen LogP contribution in [-0.2, 0) is 9.53 Å². The van der Waals surface area contributed by atoms with Gasteiger partial charge in [0, 0.05) is 20.0 Å². The van der Waals surface area contributed by atoms with Gasteiger partial charge in [-0.1, -0.05) is 12.1 Å². The van der Waals surface area contributed by atoms with E-state index in [0.717, 1.165) is 19.4 Å². The second-order valence-corrected chi connectivity index (χ2v) is 6.50. The van der Waals surface area contributed by atoms with Gasteiger partial charge in [-0.05, 0) is 25.0 Å². The van der Waals surface area contributed by atoms with E-state index < -0.39 is 5.60 Å². The first-order valence-corrected chi connectivity index (χ1v) is 8.36. The van der Waals surface area contributed by atoms with Crippen LogP contribution in [0.1, 0.15) is 30.1 Å². The van der Waals surface area contributed by atoms with Gasteiger partial charge in [0.15, 0.2) is 0 Å². The molecule has 2 heterocycles. The smallest absolute Gasteiger partial charge is 0.257 e. The number of likely N-dealkylation sites (tertiary alicyclic amines) is 1. The minimum atomic E-state index is -0.445. The molecule has 6 nitrogen and oxygen atoms in total. The first-order chi connectivity index (χ1) is 11.5. The second-order valence-electron chi connectivity index (χ2n) is 6.50. The number of rotatable bonds is 2. The van der Waals surface area contributed by atoms with Crippen molar-refractivity contribution in [3.05, 3.63) is 29.8 Å². The van der Waals surface area contributed by atoms with E-state index in [-0.39, 0.29) is 11.8 Å². The summed E-state index contributed by atoms with van der Waals surface area (Å²) in [6.07, 6.45) is 1.77. The summed E-state index contributed by atoms with van der Waals surface area (Å²) in [6.45, 7) is 4.46. The molecule has 3 rings (SSSR count). The number of para-hydroxylation sites is 1. The fourth-order valence-corrected chi connectivity index (χ4v) is 3.62. The van der Waals surface area contributed by atoms with E-state index in [1.807, 2.05) is 21.9 Å². The maximum Gasteiger partial charge on any atom is 0.257 e. The van der Waals surface area contributed by atoms with Gasteiger partial charge >= 0.3 is 0 Å². The second kappa shape index (κ2) is 6.81. The maximum atomic E-state index is 12.9. The average Bonchev–Trinajstić information content (AvgIpc) is 2.61. The van der Waals surface area contributed by atoms with E-state index >= 15 is 0 Å². The Morgan fingerprint density at radius 2 is 1.92 bits per heavy atom. The molecule has 2 fully saturated rings. The van der Waals surface area contributed by atoms with E-state index in [0.29, 0.717) is 37.6 Å². The van der Waals surface area contributed by atoms with Gasteiger partial charge in [0.1, 0.15) is 11.4 Å². The quantitative estimate of drug-likeness (QED) is 0.824. The minimum absolute atomic E-state index is 0.0462. The summed E-state index contributed by atoms with van der Waals surface area (Å²) in [5, 5.41) is 0. The van der Waals surface area contributed by atoms with Crippen molar-refractivity contribution in [3.63, 3.8) is 0 Å². The maximum absolute atomic E-state index is 12.9. The topological polar surface area (TPSA) is 59.1 Å². The van der Waals surface area contributed by atoms with Crippen LogP contribution in [0.4, 0.5) is 0 Å². The van der Waals surface area contributed by atoms with Crippen LogP contribution in [-0.4, -0.2) is 67.1 Å². The van der Waals surface area contributed by atoms with E-state index in [2.05, 4.69) is 0 Å². The van der Waals surface area contributed by atoms with Crippen LogP contribution in [0.5, 0.6) is 5.75 Å². The lowest BCUT2D eigenvalue weighted by Gasteiger charge is -2.47. The van der Waals surface area contributed by atoms with Crippen molar-refractivity contribution < 1.29 is 19.1 Å². The number of carbonyl (C=O) groups excluding carboxylic acids is 2. The van der Waals surface area contributed by atoms with Crippen LogP contribution in [0.2, 0.25) is 0 Å². The Kier molecular flexibility index (Phi) is 4.76. The lowest BCUT2D eigenvalue weighted by molar-refractivity contribution is -0.151. The molecule has 1 atom stereocenters. The molecule has 0 aliphatic carbocycles. The van der Waals surface area contributed by atoms with Gasteiger partial charge in [-0.15, -0.1) is 0 Å². The molecule has 1 aromatic carbocycles. The van der Waals surface area contributed by atoms with Gasteiger partial charge in [-0.3, -0.25) is 9.59 Å². The van der Waals surface area contributed by atoms with Crippen LogP contribution < -0.4 is 4.74 Å². The Morgan fingerprint density at radius 1 is 1.17 bits per heavy atom. The van der Waals surface area contributed by atoms with Crippen molar-refractivity contribution in [3.8, 4) is 5.75 Å². The number of amides is 2. The molecule has 130 valence electrons. The first-order valence-electron chi connectivity index (χ1n) is 8.36. The van der Waals surface area contributed by atoms with Crippen LogP contribution in [0.25, 0.3) is 0 Å². The fourth-order valence-electron chi connectivity index (χ4n) is 3.62. The Morgan fingerprint density at radius 3 is 2.67 bits per heavy atom. The summed E-state index contributed by atoms with van der Waals surface area (Å²) in [7, 11) is 1.57. The number of morpholine rings is 1. The van der Waals surface area contributed by atoms with Crippen LogP contribution >= 0.6 is 0 Å². The Bertz CT molecular complexity index is 629. The van der Waals surface area contributed by atoms with Crippen molar-refractivity contribution in [1.82, 2.24) is 9.80 Å². The lowest BCUT2D eigenvalue weighted by Crippen LogP contribution is -2.61. The largest absolute Gasteiger partial charge is 0.496 e. The third-order valence-electron chi connectivity index (χ3n) is 4.86. The Hall–Kier alpha value is -2.08. The molecule has 24 heavy (non-hydrogen) atoms. The molecule has 1 spiro atoms. The van der Waals surface area contributed by atoms with Gasteiger partial charge < -0.3 is 19.3 Å². The van der Waals surface area contributed by atoms with Crippen molar-refractivity contribution in [2.75, 3.05) is 39.9 Å². The predicted molar refractivity (Wildman–Crippen MR) is 89.1 cm³/mol. The zero-order chi connectivity index (χ0) is 17.2. The first kappa shape index (κ1) is 16.8. The molecule has 6 heteroatoms. The zero-order valence-corrected chi connectivity index (χ0v) is 14.3. The molecule has 2 amide bonds. The van der Waals surface area contributed by atoms with E-state index in [1.165, 1.54) is 0 Å². The SMILES string of the molecule is COc1ccccc1C(=O)N1CCO[C@@]2(CCCN(C(C)=O)C2)C1. The highest BCUT2D eigenvalue weighted by molar-refractivity contribution is 5.97. The number of hydrogen-bond donors (Lipinski definition) is 0. The number of benzene rings is 1. The number of ether oxygens (including phenoxy) is 2. The van der Waals surface area contributed by atoms with Gasteiger partial charge in [0.2, 0.25) is 5.91 Å². The monoisotopic (exact) mass is 332 g/mol. The number of carbonyl (C=O) groups is 2. The third-order valence-corrected chi connectivity index (χ3v) is 4.86. The molecule has 1 aromatic rings. The van der Waals surface area contributed by atoms with Crippen LogP contribution in [0.15, 0.2) is 24.3 Å². The van der Waals surface area contributed by atoms with Crippen molar-refractivity contribution in [2.45, 2.75) is 25.4 Å². The molecule has 2 aliphatic rings. The summed E-state index contributed by atoms with van der Waals surface area (Å²) >= 11 is 0. The minimum Gasteiger partial charge on any atom is -0.496 e. The van der Waals surface area contributed by atoms with Crippen LogP contribution in [0, 0.1) is 0 Å². The summed E-state index contributed by atoms with van der Waals surface area (Å²) in [4.78, 5) is 28.3. The highest BCUT2D eigenvalue weighted by atomic mass is 16.5. The van der Waals surface area contributed by atoms with Crippen molar-refractivity contribution >= 4 is 11.8 Å². The molecule has 2 aliphatic heterocycles. The fraction of sp³-hybridized carbons (Fsp3) is 0.556. The average molecular weight is 332 g/mol. The summed E-state index contributed by atoms with van der Waals surface area (Å²) < 4.78 is 11.4. The van der Waals surface area contributed by atoms with E-state index in [9.17, 15) is 9.59 Å². The molecule has 0 unspecified atom stereocenters. The van der Waals surface area contributed by atoms with Gasteiger partial charge in [0.05, 0.1) is 32.4 Å². The predicted octanol–water partition coefficient (Wildman–Crippen LogP) is 1.55. The number of hydrogen-bond acceptors (Lipinski definition) is 4. The van der Waals surface area contributed by atoms with Gasteiger partial charge in [-0.25, -0.2) is 0 Å². The lowest BCUT2D eigenvalue weighted by atomic mass is 9.90. The zero-order valence-electron chi connectivity index (χ0n) is 14.3. The van der Waals surface area contributed by atoms with Gasteiger partial charge in [0.25, 0.3) is 5.91 Å². The van der Waals surface area contributed by atoms with Gasteiger partial charge in [-0.2, -0.15) is 0 Å². The Labute approximate surface area is 142 Å². The molecular weight excluding hydrogens is 308 g/mol. The molecule has 0 N–H and O–H groups in total. The number of piperidine rings is 1. The van der Waals surface area contributed by atoms with Crippen molar-refractivity contribution in [2.24, 2.45) is 0 Å². The highest BCUT2D eigenvalue weighted by Crippen LogP contribution is 2.30. The summed E-state index contributed by atoms with van der Waals surface area (Å²) in [5.41, 5.74) is 0.121.